The van der Waals surface area contributed by atoms with Crippen LogP contribution in [0.4, 0.5) is 0 Å². The van der Waals surface area contributed by atoms with Gasteiger partial charge >= 0.3 is 5.97 Å². The lowest BCUT2D eigenvalue weighted by atomic mass is 9.92. The van der Waals surface area contributed by atoms with Gasteiger partial charge in [0.05, 0.1) is 31.2 Å². The highest BCUT2D eigenvalue weighted by molar-refractivity contribution is 5.81. The SMILES string of the molecule is CCOC(=O)/C=C/O[C@H]1C[C@H]2OCCC[C@@H]2O[C@@H]1CC=O. The molecule has 2 aliphatic rings. The van der Waals surface area contributed by atoms with Gasteiger partial charge in [-0.2, -0.15) is 0 Å². The maximum Gasteiger partial charge on any atom is 0.333 e. The summed E-state index contributed by atoms with van der Waals surface area (Å²) in [6, 6.07) is 0. The van der Waals surface area contributed by atoms with E-state index in [0.29, 0.717) is 13.0 Å². The number of aldehydes is 1. The number of rotatable bonds is 6. The van der Waals surface area contributed by atoms with Crippen LogP contribution < -0.4 is 0 Å². The molecule has 0 aromatic rings. The van der Waals surface area contributed by atoms with Crippen molar-refractivity contribution in [3.63, 3.8) is 0 Å². The Labute approximate surface area is 124 Å². The Morgan fingerprint density at radius 2 is 2.24 bits per heavy atom. The Balaban J connectivity index is 1.91. The van der Waals surface area contributed by atoms with Crippen LogP contribution >= 0.6 is 0 Å². The number of fused-ring (bicyclic) bond motifs is 1. The first-order valence-corrected chi connectivity index (χ1v) is 7.44. The summed E-state index contributed by atoms with van der Waals surface area (Å²) in [6.07, 6.45) is 5.70. The fourth-order valence-corrected chi connectivity index (χ4v) is 2.71. The van der Waals surface area contributed by atoms with E-state index in [1.165, 1.54) is 12.3 Å². The van der Waals surface area contributed by atoms with Crippen molar-refractivity contribution in [2.45, 2.75) is 57.0 Å². The third-order valence-corrected chi connectivity index (χ3v) is 3.68. The average molecular weight is 298 g/mol. The lowest BCUT2D eigenvalue weighted by Gasteiger charge is -2.42. The van der Waals surface area contributed by atoms with Crippen LogP contribution in [-0.2, 0) is 28.5 Å². The molecule has 0 aromatic carbocycles. The third kappa shape index (κ3) is 4.54. The Morgan fingerprint density at radius 3 is 3.00 bits per heavy atom. The van der Waals surface area contributed by atoms with Crippen LogP contribution in [0.2, 0.25) is 0 Å². The molecule has 6 heteroatoms. The largest absolute Gasteiger partial charge is 0.495 e. The molecule has 2 aliphatic heterocycles. The van der Waals surface area contributed by atoms with Gasteiger partial charge < -0.3 is 23.7 Å². The van der Waals surface area contributed by atoms with E-state index in [1.807, 2.05) is 0 Å². The van der Waals surface area contributed by atoms with Crippen molar-refractivity contribution in [3.05, 3.63) is 12.3 Å². The van der Waals surface area contributed by atoms with Gasteiger partial charge in [0.1, 0.15) is 18.5 Å². The zero-order chi connectivity index (χ0) is 15.1. The minimum Gasteiger partial charge on any atom is -0.495 e. The van der Waals surface area contributed by atoms with Crippen LogP contribution in [0.3, 0.4) is 0 Å². The summed E-state index contributed by atoms with van der Waals surface area (Å²) in [5.74, 6) is -0.451. The second-order valence-electron chi connectivity index (χ2n) is 5.13. The molecule has 0 unspecified atom stereocenters. The fraction of sp³-hybridized carbons (Fsp3) is 0.733. The Hall–Kier alpha value is -1.40. The first kappa shape index (κ1) is 16.0. The number of carbonyl (C=O) groups is 2. The van der Waals surface area contributed by atoms with E-state index in [4.69, 9.17) is 18.9 Å². The van der Waals surface area contributed by atoms with Gasteiger partial charge in [0.15, 0.2) is 0 Å². The number of esters is 1. The second-order valence-corrected chi connectivity index (χ2v) is 5.13. The van der Waals surface area contributed by atoms with Crippen molar-refractivity contribution in [1.82, 2.24) is 0 Å². The maximum absolute atomic E-state index is 11.2. The van der Waals surface area contributed by atoms with Gasteiger partial charge in [-0.3, -0.25) is 0 Å². The molecule has 2 saturated heterocycles. The molecule has 2 fully saturated rings. The molecule has 0 bridgehead atoms. The van der Waals surface area contributed by atoms with E-state index < -0.39 is 5.97 Å². The second kappa shape index (κ2) is 8.14. The normalized spacial score (nSPS) is 32.4. The maximum atomic E-state index is 11.2. The molecule has 4 atom stereocenters. The highest BCUT2D eigenvalue weighted by Crippen LogP contribution is 2.31. The lowest BCUT2D eigenvalue weighted by molar-refractivity contribution is -0.203. The molecule has 0 aliphatic carbocycles. The standard InChI is InChI=1S/C15H22O6/c1-2-18-15(17)6-9-20-14-10-13-11(4-3-8-19-13)21-12(14)5-7-16/h6-7,9,11-14H,2-5,8,10H2,1H3/b9-6+/t11-,12+,13+,14-/m0/s1. The highest BCUT2D eigenvalue weighted by Gasteiger charge is 2.40. The van der Waals surface area contributed by atoms with Crippen molar-refractivity contribution in [3.8, 4) is 0 Å². The Kier molecular flexibility index (Phi) is 6.20. The zero-order valence-electron chi connectivity index (χ0n) is 12.2. The summed E-state index contributed by atoms with van der Waals surface area (Å²) in [5.41, 5.74) is 0. The quantitative estimate of drug-likeness (QED) is 0.319. The van der Waals surface area contributed by atoms with Gasteiger partial charge in [-0.1, -0.05) is 0 Å². The molecular weight excluding hydrogens is 276 g/mol. The summed E-state index contributed by atoms with van der Waals surface area (Å²) in [7, 11) is 0. The predicted molar refractivity (Wildman–Crippen MR) is 73.6 cm³/mol. The molecule has 2 rings (SSSR count). The lowest BCUT2D eigenvalue weighted by Crippen LogP contribution is -2.50. The predicted octanol–water partition coefficient (Wildman–Crippen LogP) is 1.37. The van der Waals surface area contributed by atoms with Crippen LogP contribution in [0.25, 0.3) is 0 Å². The molecule has 21 heavy (non-hydrogen) atoms. The van der Waals surface area contributed by atoms with Crippen LogP contribution in [0.15, 0.2) is 12.3 Å². The van der Waals surface area contributed by atoms with Gasteiger partial charge in [0, 0.05) is 19.4 Å². The van der Waals surface area contributed by atoms with Crippen LogP contribution in [0.1, 0.15) is 32.6 Å². The number of carbonyl (C=O) groups excluding carboxylic acids is 2. The fourth-order valence-electron chi connectivity index (χ4n) is 2.71. The van der Waals surface area contributed by atoms with Gasteiger partial charge in [-0.15, -0.1) is 0 Å². The summed E-state index contributed by atoms with van der Waals surface area (Å²) < 4.78 is 22.0. The average Bonchev–Trinajstić information content (AvgIpc) is 2.48. The van der Waals surface area contributed by atoms with Crippen LogP contribution in [-0.4, -0.2) is 49.9 Å². The third-order valence-electron chi connectivity index (χ3n) is 3.68. The van der Waals surface area contributed by atoms with Crippen molar-refractivity contribution in [1.29, 1.82) is 0 Å². The number of hydrogen-bond donors (Lipinski definition) is 0. The summed E-state index contributed by atoms with van der Waals surface area (Å²) >= 11 is 0. The van der Waals surface area contributed by atoms with Crippen molar-refractivity contribution >= 4 is 12.3 Å². The van der Waals surface area contributed by atoms with Crippen molar-refractivity contribution in [2.24, 2.45) is 0 Å². The van der Waals surface area contributed by atoms with E-state index in [-0.39, 0.29) is 30.8 Å². The molecule has 2 heterocycles. The van der Waals surface area contributed by atoms with Crippen LogP contribution in [0, 0.1) is 0 Å². The molecule has 0 radical (unpaired) electrons. The molecule has 0 saturated carbocycles. The Morgan fingerprint density at radius 1 is 1.38 bits per heavy atom. The number of hydrogen-bond acceptors (Lipinski definition) is 6. The van der Waals surface area contributed by atoms with E-state index in [2.05, 4.69) is 0 Å². The first-order valence-electron chi connectivity index (χ1n) is 7.44. The molecule has 6 nitrogen and oxygen atoms in total. The molecule has 0 N–H and O–H groups in total. The molecule has 0 spiro atoms. The van der Waals surface area contributed by atoms with E-state index in [9.17, 15) is 9.59 Å². The number of ether oxygens (including phenoxy) is 4. The van der Waals surface area contributed by atoms with E-state index in [0.717, 1.165) is 25.7 Å². The molecular formula is C15H22O6. The van der Waals surface area contributed by atoms with E-state index >= 15 is 0 Å². The molecule has 118 valence electrons. The van der Waals surface area contributed by atoms with Gasteiger partial charge in [0.25, 0.3) is 0 Å². The highest BCUT2D eigenvalue weighted by atomic mass is 16.6. The minimum absolute atomic E-state index is 0.00245. The van der Waals surface area contributed by atoms with Crippen molar-refractivity contribution in [2.75, 3.05) is 13.2 Å². The summed E-state index contributed by atoms with van der Waals surface area (Å²) in [6.45, 7) is 2.79. The molecule has 0 amide bonds. The van der Waals surface area contributed by atoms with Crippen LogP contribution in [0.5, 0.6) is 0 Å². The van der Waals surface area contributed by atoms with Gasteiger partial charge in [-0.25, -0.2) is 4.79 Å². The first-order chi connectivity index (χ1) is 10.2. The van der Waals surface area contributed by atoms with Gasteiger partial charge in [-0.05, 0) is 19.8 Å². The Bertz CT molecular complexity index is 380. The molecule has 0 aromatic heterocycles. The van der Waals surface area contributed by atoms with Crippen molar-refractivity contribution < 1.29 is 28.5 Å². The zero-order valence-corrected chi connectivity index (χ0v) is 12.2. The summed E-state index contributed by atoms with van der Waals surface area (Å²) in [4.78, 5) is 22.0. The summed E-state index contributed by atoms with van der Waals surface area (Å²) in [5, 5.41) is 0. The monoisotopic (exact) mass is 298 g/mol. The topological polar surface area (TPSA) is 71.1 Å². The van der Waals surface area contributed by atoms with Gasteiger partial charge in [0.2, 0.25) is 0 Å². The minimum atomic E-state index is -0.451. The van der Waals surface area contributed by atoms with E-state index in [1.54, 1.807) is 6.92 Å². The smallest absolute Gasteiger partial charge is 0.333 e.